The van der Waals surface area contributed by atoms with Crippen molar-refractivity contribution in [1.29, 1.82) is 0 Å². The molecule has 0 unspecified atom stereocenters. The Bertz CT molecular complexity index is 1090. The molecule has 0 amide bonds. The van der Waals surface area contributed by atoms with Gasteiger partial charge in [0.1, 0.15) is 13.2 Å². The summed E-state index contributed by atoms with van der Waals surface area (Å²) < 4.78 is 17.0. The van der Waals surface area contributed by atoms with Crippen LogP contribution in [0, 0.1) is 11.8 Å². The summed E-state index contributed by atoms with van der Waals surface area (Å²) in [4.78, 5) is 38.3. The largest absolute Gasteiger partial charge is 0.462 e. The van der Waals surface area contributed by atoms with Crippen LogP contribution in [0.4, 0.5) is 0 Å². The van der Waals surface area contributed by atoms with E-state index in [0.29, 0.717) is 19.3 Å². The van der Waals surface area contributed by atoms with E-state index < -0.39 is 6.10 Å². The average molecular weight is 1000 g/mol. The number of unbranched alkanes of at least 4 members (excludes halogenated alkanes) is 44. The van der Waals surface area contributed by atoms with Gasteiger partial charge in [-0.3, -0.25) is 14.4 Å². The Hall–Kier alpha value is -1.59. The van der Waals surface area contributed by atoms with Crippen molar-refractivity contribution in [3.05, 3.63) is 0 Å². The van der Waals surface area contributed by atoms with Gasteiger partial charge in [-0.1, -0.05) is 330 Å². The molecule has 0 fully saturated rings. The molecule has 0 heterocycles. The SMILES string of the molecule is CCCCCCCCCCCCCCCCCCCCCC(=O)OC[C@H](COC(=O)CCCCCCCCCCCCCCC(C)C)OC(=O)CCCCCCCCCCCCCCCCCCC(C)C. The van der Waals surface area contributed by atoms with Gasteiger partial charge in [-0.05, 0) is 31.1 Å². The van der Waals surface area contributed by atoms with Crippen LogP contribution in [0.5, 0.6) is 0 Å². The number of carbonyl (C=O) groups is 3. The molecule has 1 atom stereocenters. The molecule has 0 aliphatic carbocycles. The summed E-state index contributed by atoms with van der Waals surface area (Å²) >= 11 is 0. The van der Waals surface area contributed by atoms with Gasteiger partial charge in [-0.25, -0.2) is 0 Å². The lowest BCUT2D eigenvalue weighted by Gasteiger charge is -2.18. The van der Waals surface area contributed by atoms with Gasteiger partial charge in [0.15, 0.2) is 6.10 Å². The second-order valence-electron chi connectivity index (χ2n) is 23.4. The van der Waals surface area contributed by atoms with E-state index in [4.69, 9.17) is 14.2 Å². The fourth-order valence-electron chi connectivity index (χ4n) is 10.1. The third kappa shape index (κ3) is 59.2. The van der Waals surface area contributed by atoms with Crippen LogP contribution in [0.15, 0.2) is 0 Å². The molecule has 0 rings (SSSR count). The molecule has 71 heavy (non-hydrogen) atoms. The number of esters is 3. The molecular weight excluding hydrogens is 877 g/mol. The van der Waals surface area contributed by atoms with Gasteiger partial charge in [0.05, 0.1) is 0 Å². The first kappa shape index (κ1) is 69.4. The van der Waals surface area contributed by atoms with Crippen LogP contribution in [-0.2, 0) is 28.6 Å². The number of rotatable bonds is 59. The lowest BCUT2D eigenvalue weighted by atomic mass is 10.0. The van der Waals surface area contributed by atoms with Crippen molar-refractivity contribution in [2.45, 2.75) is 375 Å². The van der Waals surface area contributed by atoms with Crippen molar-refractivity contribution in [2.24, 2.45) is 11.8 Å². The highest BCUT2D eigenvalue weighted by Crippen LogP contribution is 2.19. The number of hydrogen-bond acceptors (Lipinski definition) is 6. The standard InChI is InChI=1S/C65H126O6/c1-6-7-8-9-10-11-12-13-14-15-16-17-21-24-30-35-40-45-50-55-63(66)69-58-62(59-70-64(67)56-51-46-41-36-31-27-26-29-34-39-44-49-54-61(4)5)71-65(68)57-52-47-42-37-32-25-22-19-18-20-23-28-33-38-43-48-53-60(2)3/h60-62H,6-59H2,1-5H3/t62-/m1/s1. The molecule has 0 aromatic rings. The summed E-state index contributed by atoms with van der Waals surface area (Å²) in [5.74, 6) is 0.854. The smallest absolute Gasteiger partial charge is 0.306 e. The predicted molar refractivity (Wildman–Crippen MR) is 307 cm³/mol. The van der Waals surface area contributed by atoms with Crippen molar-refractivity contribution in [2.75, 3.05) is 13.2 Å². The predicted octanol–water partition coefficient (Wildman–Crippen LogP) is 21.6. The van der Waals surface area contributed by atoms with Crippen molar-refractivity contribution in [3.63, 3.8) is 0 Å². The molecule has 422 valence electrons. The van der Waals surface area contributed by atoms with Gasteiger partial charge in [0.2, 0.25) is 0 Å². The molecule has 0 radical (unpaired) electrons. The number of ether oxygens (including phenoxy) is 3. The Balaban J connectivity index is 4.28. The molecule has 0 aliphatic heterocycles. The molecule has 0 aromatic carbocycles. The minimum Gasteiger partial charge on any atom is -0.462 e. The monoisotopic (exact) mass is 1000 g/mol. The summed E-state index contributed by atoms with van der Waals surface area (Å²) in [7, 11) is 0. The maximum atomic E-state index is 12.9. The minimum atomic E-state index is -0.764. The highest BCUT2D eigenvalue weighted by molar-refractivity contribution is 5.71. The lowest BCUT2D eigenvalue weighted by Crippen LogP contribution is -2.30. The highest BCUT2D eigenvalue weighted by Gasteiger charge is 2.19. The molecule has 0 aliphatic rings. The zero-order valence-corrected chi connectivity index (χ0v) is 48.9. The molecule has 0 saturated heterocycles. The van der Waals surface area contributed by atoms with Gasteiger partial charge in [0.25, 0.3) is 0 Å². The zero-order chi connectivity index (χ0) is 51.8. The van der Waals surface area contributed by atoms with Crippen LogP contribution in [0.25, 0.3) is 0 Å². The maximum Gasteiger partial charge on any atom is 0.306 e. The Labute approximate surface area is 444 Å². The van der Waals surface area contributed by atoms with Gasteiger partial charge in [-0.15, -0.1) is 0 Å². The lowest BCUT2D eigenvalue weighted by molar-refractivity contribution is -0.167. The second-order valence-corrected chi connectivity index (χ2v) is 23.4. The molecular formula is C65H126O6. The van der Waals surface area contributed by atoms with Gasteiger partial charge in [0, 0.05) is 19.3 Å². The third-order valence-electron chi connectivity index (χ3n) is 15.0. The highest BCUT2D eigenvalue weighted by atomic mass is 16.6. The van der Waals surface area contributed by atoms with Crippen LogP contribution < -0.4 is 0 Å². The Morgan fingerprint density at radius 3 is 0.690 bits per heavy atom. The Morgan fingerprint density at radius 2 is 0.465 bits per heavy atom. The Kier molecular flexibility index (Phi) is 56.4. The summed E-state index contributed by atoms with van der Waals surface area (Å²) in [5, 5.41) is 0. The van der Waals surface area contributed by atoms with Crippen molar-refractivity contribution in [3.8, 4) is 0 Å². The summed E-state index contributed by atoms with van der Waals surface area (Å²) in [6.07, 6.45) is 63.9. The normalized spacial score (nSPS) is 12.0. The van der Waals surface area contributed by atoms with Crippen molar-refractivity contribution < 1.29 is 28.6 Å². The fourth-order valence-corrected chi connectivity index (χ4v) is 10.1. The molecule has 0 bridgehead atoms. The second kappa shape index (κ2) is 57.7. The van der Waals surface area contributed by atoms with Crippen LogP contribution >= 0.6 is 0 Å². The van der Waals surface area contributed by atoms with E-state index in [1.807, 2.05) is 0 Å². The summed E-state index contributed by atoms with van der Waals surface area (Å²) in [6.45, 7) is 11.5. The van der Waals surface area contributed by atoms with Gasteiger partial charge < -0.3 is 14.2 Å². The van der Waals surface area contributed by atoms with E-state index in [1.165, 1.54) is 257 Å². The van der Waals surface area contributed by atoms with Gasteiger partial charge >= 0.3 is 17.9 Å². The van der Waals surface area contributed by atoms with Crippen LogP contribution in [0.1, 0.15) is 369 Å². The van der Waals surface area contributed by atoms with Crippen molar-refractivity contribution in [1.82, 2.24) is 0 Å². The maximum absolute atomic E-state index is 12.9. The topological polar surface area (TPSA) is 78.9 Å². The molecule has 6 heteroatoms. The quantitative estimate of drug-likeness (QED) is 0.0343. The van der Waals surface area contributed by atoms with E-state index in [9.17, 15) is 14.4 Å². The van der Waals surface area contributed by atoms with E-state index in [2.05, 4.69) is 34.6 Å². The van der Waals surface area contributed by atoms with E-state index in [0.717, 1.165) is 69.6 Å². The molecule has 0 N–H and O–H groups in total. The average Bonchev–Trinajstić information content (AvgIpc) is 3.35. The first-order chi connectivity index (χ1) is 34.7. The minimum absolute atomic E-state index is 0.0618. The van der Waals surface area contributed by atoms with Crippen LogP contribution in [0.2, 0.25) is 0 Å². The number of hydrogen-bond donors (Lipinski definition) is 0. The molecule has 0 saturated carbocycles. The van der Waals surface area contributed by atoms with E-state index in [-0.39, 0.29) is 31.1 Å². The molecule has 0 aromatic heterocycles. The van der Waals surface area contributed by atoms with Crippen molar-refractivity contribution >= 4 is 17.9 Å². The molecule has 0 spiro atoms. The van der Waals surface area contributed by atoms with E-state index in [1.54, 1.807) is 0 Å². The first-order valence-electron chi connectivity index (χ1n) is 32.2. The summed E-state index contributed by atoms with van der Waals surface area (Å²) in [6, 6.07) is 0. The Morgan fingerprint density at radius 1 is 0.268 bits per heavy atom. The summed E-state index contributed by atoms with van der Waals surface area (Å²) in [5.41, 5.74) is 0. The third-order valence-corrected chi connectivity index (χ3v) is 15.0. The fraction of sp³-hybridized carbons (Fsp3) is 0.954. The molecule has 6 nitrogen and oxygen atoms in total. The van der Waals surface area contributed by atoms with Gasteiger partial charge in [-0.2, -0.15) is 0 Å². The van der Waals surface area contributed by atoms with Crippen LogP contribution in [-0.4, -0.2) is 37.2 Å². The van der Waals surface area contributed by atoms with E-state index >= 15 is 0 Å². The zero-order valence-electron chi connectivity index (χ0n) is 48.9. The number of carbonyl (C=O) groups excluding carboxylic acids is 3. The first-order valence-corrected chi connectivity index (χ1v) is 32.2. The van der Waals surface area contributed by atoms with Crippen LogP contribution in [0.3, 0.4) is 0 Å².